The van der Waals surface area contributed by atoms with E-state index in [1.165, 1.54) is 18.5 Å². The highest BCUT2D eigenvalue weighted by molar-refractivity contribution is 5.04. The molecule has 2 unspecified atom stereocenters. The minimum atomic E-state index is 0.274. The van der Waals surface area contributed by atoms with Gasteiger partial charge in [0.25, 0.3) is 0 Å². The predicted octanol–water partition coefficient (Wildman–Crippen LogP) is 2.48. The lowest BCUT2D eigenvalue weighted by atomic mass is 9.92. The van der Waals surface area contributed by atoms with E-state index >= 15 is 0 Å². The molecule has 106 valence electrons. The van der Waals surface area contributed by atoms with Gasteiger partial charge >= 0.3 is 0 Å². The number of nitrogens with one attached hydrogen (secondary N) is 1. The number of rotatable bonds is 5. The Labute approximate surface area is 117 Å². The molecule has 0 radical (unpaired) electrons. The van der Waals surface area contributed by atoms with Crippen molar-refractivity contribution < 1.29 is 0 Å². The lowest BCUT2D eigenvalue weighted by molar-refractivity contribution is 0.0830. The van der Waals surface area contributed by atoms with Gasteiger partial charge < -0.3 is 5.32 Å². The van der Waals surface area contributed by atoms with E-state index in [0.717, 1.165) is 26.1 Å². The molecule has 19 heavy (non-hydrogen) atoms. The number of aromatic nitrogens is 1. The Morgan fingerprint density at radius 1 is 1.42 bits per heavy atom. The van der Waals surface area contributed by atoms with Gasteiger partial charge in [0, 0.05) is 49.5 Å². The molecular weight excluding hydrogens is 234 g/mol. The van der Waals surface area contributed by atoms with Crippen LogP contribution in [0, 0.1) is 0 Å². The molecule has 3 heteroatoms. The van der Waals surface area contributed by atoms with Gasteiger partial charge in [0.05, 0.1) is 0 Å². The van der Waals surface area contributed by atoms with Crippen LogP contribution in [0.15, 0.2) is 24.4 Å². The fourth-order valence-electron chi connectivity index (χ4n) is 2.83. The zero-order valence-corrected chi connectivity index (χ0v) is 12.5. The molecule has 1 aromatic rings. The third-order valence-corrected chi connectivity index (χ3v) is 4.47. The van der Waals surface area contributed by atoms with Gasteiger partial charge in [-0.15, -0.1) is 0 Å². The highest BCUT2D eigenvalue weighted by atomic mass is 15.2. The summed E-state index contributed by atoms with van der Waals surface area (Å²) in [4.78, 5) is 7.08. The summed E-state index contributed by atoms with van der Waals surface area (Å²) in [7, 11) is 0. The minimum Gasteiger partial charge on any atom is -0.309 e. The summed E-state index contributed by atoms with van der Waals surface area (Å²) in [5.74, 6) is 0. The zero-order chi connectivity index (χ0) is 13.7. The number of nitrogens with zero attached hydrogens (tertiary/aromatic N) is 2. The van der Waals surface area contributed by atoms with Crippen molar-refractivity contribution in [1.29, 1.82) is 0 Å². The summed E-state index contributed by atoms with van der Waals surface area (Å²) >= 11 is 0. The van der Waals surface area contributed by atoms with Crippen LogP contribution >= 0.6 is 0 Å². The quantitative estimate of drug-likeness (QED) is 0.882. The second-order valence-electron chi connectivity index (χ2n) is 5.90. The van der Waals surface area contributed by atoms with Crippen LogP contribution in [0.25, 0.3) is 0 Å². The van der Waals surface area contributed by atoms with E-state index in [9.17, 15) is 0 Å². The SMILES string of the molecule is CCC1CNC(C)(CC)CN1CCc1ccccn1. The Morgan fingerprint density at radius 2 is 2.26 bits per heavy atom. The fraction of sp³-hybridized carbons (Fsp3) is 0.688. The van der Waals surface area contributed by atoms with Gasteiger partial charge in [0.2, 0.25) is 0 Å². The van der Waals surface area contributed by atoms with Crippen molar-refractivity contribution in [2.75, 3.05) is 19.6 Å². The van der Waals surface area contributed by atoms with Crippen molar-refractivity contribution in [3.63, 3.8) is 0 Å². The highest BCUT2D eigenvalue weighted by Gasteiger charge is 2.33. The largest absolute Gasteiger partial charge is 0.309 e. The van der Waals surface area contributed by atoms with Gasteiger partial charge in [0.1, 0.15) is 0 Å². The monoisotopic (exact) mass is 261 g/mol. The predicted molar refractivity (Wildman–Crippen MR) is 80.3 cm³/mol. The second kappa shape index (κ2) is 6.49. The number of hydrogen-bond acceptors (Lipinski definition) is 3. The van der Waals surface area contributed by atoms with E-state index in [0.29, 0.717) is 6.04 Å². The smallest absolute Gasteiger partial charge is 0.0416 e. The van der Waals surface area contributed by atoms with Crippen molar-refractivity contribution in [1.82, 2.24) is 15.2 Å². The zero-order valence-electron chi connectivity index (χ0n) is 12.5. The standard InChI is InChI=1S/C16H27N3/c1-4-15-12-18-16(3,5-2)13-19(15)11-9-14-8-6-7-10-17-14/h6-8,10,15,18H,4-5,9,11-13H2,1-3H3. The number of hydrogen-bond donors (Lipinski definition) is 1. The lowest BCUT2D eigenvalue weighted by Gasteiger charge is -2.46. The van der Waals surface area contributed by atoms with Crippen LogP contribution in [0.1, 0.15) is 39.3 Å². The Morgan fingerprint density at radius 3 is 2.89 bits per heavy atom. The van der Waals surface area contributed by atoms with Crippen molar-refractivity contribution >= 4 is 0 Å². The van der Waals surface area contributed by atoms with Gasteiger partial charge in [-0.05, 0) is 31.9 Å². The average molecular weight is 261 g/mol. The first-order chi connectivity index (χ1) is 9.17. The van der Waals surface area contributed by atoms with E-state index in [1.54, 1.807) is 0 Å². The molecule has 0 spiro atoms. The molecule has 3 nitrogen and oxygen atoms in total. The Balaban J connectivity index is 1.95. The van der Waals surface area contributed by atoms with Crippen LogP contribution in [-0.4, -0.2) is 41.1 Å². The first-order valence-corrected chi connectivity index (χ1v) is 7.56. The molecular formula is C16H27N3. The van der Waals surface area contributed by atoms with Crippen molar-refractivity contribution in [3.05, 3.63) is 30.1 Å². The maximum Gasteiger partial charge on any atom is 0.0416 e. The van der Waals surface area contributed by atoms with Crippen molar-refractivity contribution in [2.45, 2.75) is 51.6 Å². The first-order valence-electron chi connectivity index (χ1n) is 7.56. The molecule has 0 aliphatic carbocycles. The summed E-state index contributed by atoms with van der Waals surface area (Å²) in [5.41, 5.74) is 1.48. The highest BCUT2D eigenvalue weighted by Crippen LogP contribution is 2.20. The van der Waals surface area contributed by atoms with Crippen molar-refractivity contribution in [2.24, 2.45) is 0 Å². The molecule has 2 rings (SSSR count). The summed E-state index contributed by atoms with van der Waals surface area (Å²) in [6, 6.07) is 6.86. The molecule has 0 amide bonds. The molecule has 1 fully saturated rings. The van der Waals surface area contributed by atoms with Crippen LogP contribution in [0.2, 0.25) is 0 Å². The van der Waals surface area contributed by atoms with Crippen LogP contribution in [-0.2, 0) is 6.42 Å². The number of piperazine rings is 1. The van der Waals surface area contributed by atoms with E-state index in [4.69, 9.17) is 0 Å². The van der Waals surface area contributed by atoms with Gasteiger partial charge in [-0.1, -0.05) is 19.9 Å². The lowest BCUT2D eigenvalue weighted by Crippen LogP contribution is -2.62. The molecule has 2 heterocycles. The van der Waals surface area contributed by atoms with Gasteiger partial charge in [-0.25, -0.2) is 0 Å². The van der Waals surface area contributed by atoms with E-state index < -0.39 is 0 Å². The van der Waals surface area contributed by atoms with Crippen LogP contribution in [0.5, 0.6) is 0 Å². The maximum absolute atomic E-state index is 4.43. The Kier molecular flexibility index (Phi) is 4.94. The molecule has 0 bridgehead atoms. The fourth-order valence-corrected chi connectivity index (χ4v) is 2.83. The van der Waals surface area contributed by atoms with Gasteiger partial charge in [0.15, 0.2) is 0 Å². The van der Waals surface area contributed by atoms with E-state index in [2.05, 4.69) is 48.1 Å². The maximum atomic E-state index is 4.43. The summed E-state index contributed by atoms with van der Waals surface area (Å²) in [5, 5.41) is 3.72. The van der Waals surface area contributed by atoms with Gasteiger partial charge in [-0.3, -0.25) is 9.88 Å². The average Bonchev–Trinajstić information content (AvgIpc) is 2.46. The minimum absolute atomic E-state index is 0.274. The molecule has 0 aromatic carbocycles. The van der Waals surface area contributed by atoms with Crippen LogP contribution in [0.3, 0.4) is 0 Å². The molecule has 1 aromatic heterocycles. The summed E-state index contributed by atoms with van der Waals surface area (Å²) < 4.78 is 0. The normalized spacial score (nSPS) is 28.5. The third-order valence-electron chi connectivity index (χ3n) is 4.47. The second-order valence-corrected chi connectivity index (χ2v) is 5.90. The van der Waals surface area contributed by atoms with Crippen molar-refractivity contribution in [3.8, 4) is 0 Å². The molecule has 1 aliphatic rings. The van der Waals surface area contributed by atoms with Gasteiger partial charge in [-0.2, -0.15) is 0 Å². The summed E-state index contributed by atoms with van der Waals surface area (Å²) in [6.07, 6.45) is 5.34. The van der Waals surface area contributed by atoms with E-state index in [1.807, 2.05) is 12.3 Å². The van der Waals surface area contributed by atoms with E-state index in [-0.39, 0.29) is 5.54 Å². The third kappa shape index (κ3) is 3.77. The van der Waals surface area contributed by atoms with Crippen LogP contribution in [0.4, 0.5) is 0 Å². The molecule has 0 saturated carbocycles. The Hall–Kier alpha value is -0.930. The number of pyridine rings is 1. The topological polar surface area (TPSA) is 28.2 Å². The molecule has 1 N–H and O–H groups in total. The molecule has 1 aliphatic heterocycles. The molecule has 2 atom stereocenters. The first kappa shape index (κ1) is 14.5. The molecule has 1 saturated heterocycles. The van der Waals surface area contributed by atoms with Crippen LogP contribution < -0.4 is 5.32 Å². The summed E-state index contributed by atoms with van der Waals surface area (Å²) in [6.45, 7) is 10.3. The Bertz CT molecular complexity index is 379.